The predicted octanol–water partition coefficient (Wildman–Crippen LogP) is 13.6. The fraction of sp³-hybridized carbons (Fsp3) is 0.533. The minimum atomic E-state index is 0.711. The van der Waals surface area contributed by atoms with Crippen LogP contribution in [0.1, 0.15) is 159 Å². The highest BCUT2D eigenvalue weighted by Gasteiger charge is 2.11. The first-order chi connectivity index (χ1) is 24.2. The van der Waals surface area contributed by atoms with Gasteiger partial charge in [-0.3, -0.25) is 4.98 Å². The highest BCUT2D eigenvalue weighted by atomic mass is 16.5. The third kappa shape index (κ3) is 17.6. The van der Waals surface area contributed by atoms with Gasteiger partial charge < -0.3 is 14.2 Å². The first-order valence-corrected chi connectivity index (χ1v) is 19.7. The van der Waals surface area contributed by atoms with Crippen LogP contribution in [0.4, 0.5) is 0 Å². The van der Waals surface area contributed by atoms with Crippen LogP contribution in [0.2, 0.25) is 0 Å². The Morgan fingerprint density at radius 1 is 0.429 bits per heavy atom. The van der Waals surface area contributed by atoms with Gasteiger partial charge in [0.25, 0.3) is 0 Å². The zero-order chi connectivity index (χ0) is 34.6. The summed E-state index contributed by atoms with van der Waals surface area (Å²) in [5, 5.41) is 0. The van der Waals surface area contributed by atoms with E-state index in [2.05, 4.69) is 86.5 Å². The lowest BCUT2D eigenvalue weighted by Gasteiger charge is -2.15. The minimum absolute atomic E-state index is 0.711. The van der Waals surface area contributed by atoms with Crippen molar-refractivity contribution in [2.24, 2.45) is 0 Å². The van der Waals surface area contributed by atoms with E-state index in [0.29, 0.717) is 13.2 Å². The molecular weight excluding hydrogens is 602 g/mol. The van der Waals surface area contributed by atoms with Gasteiger partial charge in [0.1, 0.15) is 17.2 Å². The summed E-state index contributed by atoms with van der Waals surface area (Å²) in [6, 6.07) is 16.8. The molecule has 0 N–H and O–H groups in total. The van der Waals surface area contributed by atoms with Crippen molar-refractivity contribution < 1.29 is 14.2 Å². The zero-order valence-corrected chi connectivity index (χ0v) is 31.1. The fourth-order valence-electron chi connectivity index (χ4n) is 5.83. The number of hydrogen-bond donors (Lipinski definition) is 0. The molecule has 0 amide bonds. The van der Waals surface area contributed by atoms with Crippen molar-refractivity contribution in [2.45, 2.75) is 136 Å². The van der Waals surface area contributed by atoms with Gasteiger partial charge in [0, 0.05) is 23.5 Å². The van der Waals surface area contributed by atoms with Crippen molar-refractivity contribution in [3.63, 3.8) is 0 Å². The van der Waals surface area contributed by atoms with E-state index in [9.17, 15) is 0 Å². The van der Waals surface area contributed by atoms with Crippen LogP contribution in [0.15, 0.2) is 60.9 Å². The van der Waals surface area contributed by atoms with Gasteiger partial charge in [0.05, 0.1) is 19.8 Å². The number of aromatic nitrogens is 1. The Balaban J connectivity index is 1.75. The van der Waals surface area contributed by atoms with E-state index in [1.165, 1.54) is 96.3 Å². The van der Waals surface area contributed by atoms with Crippen molar-refractivity contribution in [3.05, 3.63) is 83.2 Å². The van der Waals surface area contributed by atoms with Crippen LogP contribution in [0.25, 0.3) is 24.3 Å². The van der Waals surface area contributed by atoms with Crippen molar-refractivity contribution in [1.29, 1.82) is 0 Å². The Labute approximate surface area is 299 Å². The lowest BCUT2D eigenvalue weighted by atomic mass is 10.1. The Kier molecular flexibility index (Phi) is 21.5. The molecule has 0 radical (unpaired) electrons. The van der Waals surface area contributed by atoms with Crippen LogP contribution in [-0.2, 0) is 0 Å². The summed E-state index contributed by atoms with van der Waals surface area (Å²) in [5.41, 5.74) is 4.30. The molecule has 3 aromatic rings. The van der Waals surface area contributed by atoms with E-state index < -0.39 is 0 Å². The van der Waals surface area contributed by atoms with Gasteiger partial charge >= 0.3 is 0 Å². The molecule has 2 aromatic carbocycles. The number of pyridine rings is 1. The molecule has 0 bridgehead atoms. The van der Waals surface area contributed by atoms with Gasteiger partial charge in [-0.15, -0.1) is 0 Å². The molecule has 0 aliphatic rings. The second-order valence-corrected chi connectivity index (χ2v) is 13.3. The Morgan fingerprint density at radius 2 is 0.816 bits per heavy atom. The smallest absolute Gasteiger partial charge is 0.127 e. The molecule has 1 aromatic heterocycles. The van der Waals surface area contributed by atoms with Crippen molar-refractivity contribution >= 4 is 24.3 Å². The number of nitrogens with zero attached hydrogens (tertiary/aromatic N) is 1. The monoisotopic (exact) mass is 667 g/mol. The largest absolute Gasteiger partial charge is 0.494 e. The van der Waals surface area contributed by atoms with Gasteiger partial charge in [0.2, 0.25) is 0 Å². The van der Waals surface area contributed by atoms with Gasteiger partial charge in [-0.2, -0.15) is 0 Å². The Morgan fingerprint density at radius 3 is 1.27 bits per heavy atom. The maximum atomic E-state index is 6.49. The molecular formula is C45H65NO3. The summed E-state index contributed by atoms with van der Waals surface area (Å²) in [6.45, 7) is 8.99. The molecule has 4 nitrogen and oxygen atoms in total. The molecule has 0 atom stereocenters. The van der Waals surface area contributed by atoms with E-state index >= 15 is 0 Å². The van der Waals surface area contributed by atoms with E-state index in [-0.39, 0.29) is 0 Å². The summed E-state index contributed by atoms with van der Waals surface area (Å²) in [4.78, 5) is 4.17. The predicted molar refractivity (Wildman–Crippen MR) is 212 cm³/mol. The lowest BCUT2D eigenvalue weighted by Crippen LogP contribution is -2.03. The molecule has 3 rings (SSSR count). The second kappa shape index (κ2) is 26.4. The molecule has 0 saturated heterocycles. The normalized spacial score (nSPS) is 11.5. The van der Waals surface area contributed by atoms with Crippen LogP contribution in [-0.4, -0.2) is 24.8 Å². The third-order valence-electron chi connectivity index (χ3n) is 8.92. The molecule has 0 saturated carbocycles. The van der Waals surface area contributed by atoms with Gasteiger partial charge in [-0.25, -0.2) is 0 Å². The third-order valence-corrected chi connectivity index (χ3v) is 8.92. The van der Waals surface area contributed by atoms with Gasteiger partial charge in [-0.05, 0) is 66.8 Å². The number of unbranched alkanes of at least 4 members (excludes halogenated alkanes) is 15. The maximum absolute atomic E-state index is 6.49. The van der Waals surface area contributed by atoms with Crippen molar-refractivity contribution in [1.82, 2.24) is 4.98 Å². The first-order valence-electron chi connectivity index (χ1n) is 19.7. The highest BCUT2D eigenvalue weighted by molar-refractivity contribution is 5.79. The van der Waals surface area contributed by atoms with Crippen LogP contribution in [0, 0.1) is 0 Å². The van der Waals surface area contributed by atoms with Crippen molar-refractivity contribution in [2.75, 3.05) is 19.8 Å². The van der Waals surface area contributed by atoms with Crippen LogP contribution in [0.5, 0.6) is 17.2 Å². The molecule has 1 heterocycles. The van der Waals surface area contributed by atoms with Gasteiger partial charge in [-0.1, -0.05) is 154 Å². The summed E-state index contributed by atoms with van der Waals surface area (Å²) >= 11 is 0. The first kappa shape index (κ1) is 39.9. The van der Waals surface area contributed by atoms with Gasteiger partial charge in [0.15, 0.2) is 0 Å². The Bertz CT molecular complexity index is 1300. The standard InChI is InChI=1S/C45H65NO3/c1-4-7-10-13-16-19-34-47-43-28-24-39(25-29-43)22-26-41-37-45(49-36-21-18-15-12-9-6-3)42(27-23-40-30-32-46-33-31-40)38-44(41)48-35-20-17-14-11-8-5-2/h22-33,37-38H,4-21,34-36H2,1-3H3/b26-22+,27-23+. The van der Waals surface area contributed by atoms with Crippen LogP contribution in [0.3, 0.4) is 0 Å². The molecule has 0 spiro atoms. The Hall–Kier alpha value is -3.53. The second-order valence-electron chi connectivity index (χ2n) is 13.3. The molecule has 268 valence electrons. The summed E-state index contributed by atoms with van der Waals surface area (Å²) in [5.74, 6) is 2.72. The minimum Gasteiger partial charge on any atom is -0.494 e. The molecule has 0 aliphatic carbocycles. The number of ether oxygens (including phenoxy) is 3. The fourth-order valence-corrected chi connectivity index (χ4v) is 5.83. The number of rotatable bonds is 28. The molecule has 0 aliphatic heterocycles. The average Bonchev–Trinajstić information content (AvgIpc) is 3.13. The van der Waals surface area contributed by atoms with Crippen LogP contribution < -0.4 is 14.2 Å². The van der Waals surface area contributed by atoms with Crippen molar-refractivity contribution in [3.8, 4) is 17.2 Å². The summed E-state index contributed by atoms with van der Waals surface area (Å²) in [7, 11) is 0. The van der Waals surface area contributed by atoms with E-state index in [4.69, 9.17) is 14.2 Å². The maximum Gasteiger partial charge on any atom is 0.127 e. The molecule has 0 fully saturated rings. The molecule has 49 heavy (non-hydrogen) atoms. The van der Waals surface area contributed by atoms with E-state index in [0.717, 1.165) is 65.4 Å². The summed E-state index contributed by atoms with van der Waals surface area (Å²) < 4.78 is 19.0. The summed E-state index contributed by atoms with van der Waals surface area (Å²) in [6.07, 6.45) is 34.7. The quantitative estimate of drug-likeness (QED) is 0.0571. The topological polar surface area (TPSA) is 40.6 Å². The van der Waals surface area contributed by atoms with E-state index in [1.807, 2.05) is 24.5 Å². The van der Waals surface area contributed by atoms with E-state index in [1.54, 1.807) is 0 Å². The lowest BCUT2D eigenvalue weighted by molar-refractivity contribution is 0.295. The number of benzene rings is 2. The SMILES string of the molecule is CCCCCCCCOc1ccc(/C=C/c2cc(OCCCCCCCC)c(/C=C/c3ccncc3)cc2OCCCCCCCC)cc1. The molecule has 4 heteroatoms. The molecule has 0 unspecified atom stereocenters. The van der Waals surface area contributed by atoms with Crippen LogP contribution >= 0.6 is 0 Å². The number of hydrogen-bond acceptors (Lipinski definition) is 4. The zero-order valence-electron chi connectivity index (χ0n) is 31.1. The highest BCUT2D eigenvalue weighted by Crippen LogP contribution is 2.33. The average molecular weight is 668 g/mol.